The van der Waals surface area contributed by atoms with Gasteiger partial charge in [-0.2, -0.15) is 0 Å². The molecular weight excluding hydrogens is 1020 g/mol. The summed E-state index contributed by atoms with van der Waals surface area (Å²) >= 11 is 0. The molecule has 0 fully saturated rings. The predicted octanol–water partition coefficient (Wildman–Crippen LogP) is 24.8. The minimum Gasteiger partial charge on any atom is -0.462 e. The third kappa shape index (κ3) is 69.0. The number of hydrogen-bond acceptors (Lipinski definition) is 6. The van der Waals surface area contributed by atoms with Crippen LogP contribution in [0.4, 0.5) is 0 Å². The second-order valence-corrected chi connectivity index (χ2v) is 23.8. The number of esters is 3. The SMILES string of the molecule is CC/C=C\C/C=C\C/C=C\C/C=C\CCCCCCCCCCCCCCCCC(=O)OCC(COC(=O)CCCCCCC/C=C\CCCC)OC(=O)CCCCCCCCCCCCCC/C=C\C/C=C\C/C=C\CCCCCCC. The van der Waals surface area contributed by atoms with Crippen molar-refractivity contribution in [1.29, 1.82) is 0 Å². The highest BCUT2D eigenvalue weighted by Gasteiger charge is 2.19. The van der Waals surface area contributed by atoms with E-state index < -0.39 is 6.10 Å². The van der Waals surface area contributed by atoms with Crippen LogP contribution in [0.25, 0.3) is 0 Å². The number of rotatable bonds is 65. The molecule has 0 heterocycles. The van der Waals surface area contributed by atoms with Crippen molar-refractivity contribution >= 4 is 17.9 Å². The molecule has 478 valence electrons. The number of allylic oxidation sites excluding steroid dienone is 16. The fraction of sp³-hybridized carbons (Fsp3) is 0.753. The minimum atomic E-state index is -0.783. The van der Waals surface area contributed by atoms with Gasteiger partial charge in [0, 0.05) is 19.3 Å². The maximum atomic E-state index is 13.0. The van der Waals surface area contributed by atoms with Gasteiger partial charge < -0.3 is 14.2 Å². The van der Waals surface area contributed by atoms with Crippen LogP contribution in [0.15, 0.2) is 97.2 Å². The Bertz CT molecular complexity index is 1610. The zero-order chi connectivity index (χ0) is 59.9. The molecule has 0 N–H and O–H groups in total. The Balaban J connectivity index is 4.21. The molecule has 0 spiro atoms. The first-order chi connectivity index (χ1) is 41.0. The zero-order valence-corrected chi connectivity index (χ0v) is 54.9. The molecule has 6 nitrogen and oxygen atoms in total. The number of carbonyl (C=O) groups excluding carboxylic acids is 3. The largest absolute Gasteiger partial charge is 0.462 e. The van der Waals surface area contributed by atoms with Crippen LogP contribution >= 0.6 is 0 Å². The molecule has 0 aliphatic heterocycles. The summed E-state index contributed by atoms with van der Waals surface area (Å²) in [7, 11) is 0. The van der Waals surface area contributed by atoms with Gasteiger partial charge in [0.1, 0.15) is 13.2 Å². The molecule has 0 aromatic heterocycles. The van der Waals surface area contributed by atoms with Crippen LogP contribution in [0, 0.1) is 0 Å². The van der Waals surface area contributed by atoms with Gasteiger partial charge in [0.25, 0.3) is 0 Å². The van der Waals surface area contributed by atoms with Crippen molar-refractivity contribution in [1.82, 2.24) is 0 Å². The summed E-state index contributed by atoms with van der Waals surface area (Å²) in [4.78, 5) is 38.4. The summed E-state index contributed by atoms with van der Waals surface area (Å²) in [6.07, 6.45) is 95.8. The molecule has 83 heavy (non-hydrogen) atoms. The Morgan fingerprint density at radius 2 is 0.482 bits per heavy atom. The number of carbonyl (C=O) groups is 3. The fourth-order valence-electron chi connectivity index (χ4n) is 10.2. The molecule has 1 atom stereocenters. The Morgan fingerprint density at radius 3 is 0.783 bits per heavy atom. The maximum Gasteiger partial charge on any atom is 0.306 e. The molecule has 0 bridgehead atoms. The molecule has 0 aromatic rings. The van der Waals surface area contributed by atoms with Crippen molar-refractivity contribution in [3.05, 3.63) is 97.2 Å². The Morgan fingerprint density at radius 1 is 0.253 bits per heavy atom. The van der Waals surface area contributed by atoms with E-state index in [0.717, 1.165) is 103 Å². The minimum absolute atomic E-state index is 0.0786. The van der Waals surface area contributed by atoms with Gasteiger partial charge in [-0.15, -0.1) is 0 Å². The first-order valence-electron chi connectivity index (χ1n) is 35.7. The van der Waals surface area contributed by atoms with Crippen LogP contribution in [-0.4, -0.2) is 37.2 Å². The van der Waals surface area contributed by atoms with Crippen LogP contribution < -0.4 is 0 Å². The van der Waals surface area contributed by atoms with E-state index in [1.54, 1.807) is 0 Å². The van der Waals surface area contributed by atoms with Crippen LogP contribution in [0.5, 0.6) is 0 Å². The summed E-state index contributed by atoms with van der Waals surface area (Å²) in [5.41, 5.74) is 0. The first-order valence-corrected chi connectivity index (χ1v) is 35.7. The van der Waals surface area contributed by atoms with E-state index in [-0.39, 0.29) is 31.1 Å². The summed E-state index contributed by atoms with van der Waals surface area (Å²) < 4.78 is 17.0. The van der Waals surface area contributed by atoms with Gasteiger partial charge in [-0.05, 0) is 116 Å². The summed E-state index contributed by atoms with van der Waals surface area (Å²) in [6.45, 7) is 6.51. The average molecular weight is 1160 g/mol. The number of ether oxygens (including phenoxy) is 3. The van der Waals surface area contributed by atoms with Gasteiger partial charge in [0.2, 0.25) is 0 Å². The van der Waals surface area contributed by atoms with Crippen molar-refractivity contribution < 1.29 is 28.6 Å². The van der Waals surface area contributed by atoms with Gasteiger partial charge >= 0.3 is 17.9 Å². The molecule has 0 aliphatic carbocycles. The average Bonchev–Trinajstić information content (AvgIpc) is 3.48. The highest BCUT2D eigenvalue weighted by atomic mass is 16.6. The summed E-state index contributed by atoms with van der Waals surface area (Å²) in [5, 5.41) is 0. The van der Waals surface area contributed by atoms with Gasteiger partial charge in [-0.1, -0.05) is 317 Å². The second kappa shape index (κ2) is 70.8. The van der Waals surface area contributed by atoms with Gasteiger partial charge in [0.05, 0.1) is 0 Å². The fourth-order valence-corrected chi connectivity index (χ4v) is 10.2. The molecule has 0 saturated carbocycles. The Hall–Kier alpha value is -3.67. The maximum absolute atomic E-state index is 13.0. The van der Waals surface area contributed by atoms with E-state index in [0.29, 0.717) is 19.3 Å². The summed E-state index contributed by atoms with van der Waals surface area (Å²) in [6, 6.07) is 0. The van der Waals surface area contributed by atoms with E-state index in [2.05, 4.69) is 118 Å². The molecule has 6 heteroatoms. The lowest BCUT2D eigenvalue weighted by molar-refractivity contribution is -0.167. The van der Waals surface area contributed by atoms with Crippen LogP contribution in [0.1, 0.15) is 355 Å². The molecule has 0 radical (unpaired) electrons. The predicted molar refractivity (Wildman–Crippen MR) is 362 cm³/mol. The van der Waals surface area contributed by atoms with Crippen molar-refractivity contribution in [3.8, 4) is 0 Å². The van der Waals surface area contributed by atoms with Crippen molar-refractivity contribution in [2.24, 2.45) is 0 Å². The highest BCUT2D eigenvalue weighted by Crippen LogP contribution is 2.17. The second-order valence-electron chi connectivity index (χ2n) is 23.8. The number of unbranched alkanes of at least 4 members (excludes halogenated alkanes) is 38. The van der Waals surface area contributed by atoms with E-state index in [1.807, 2.05) is 0 Å². The highest BCUT2D eigenvalue weighted by molar-refractivity contribution is 5.71. The molecule has 0 aromatic carbocycles. The standard InChI is InChI=1S/C77H134O6/c1-4-7-10-13-16-19-22-24-26-28-30-32-34-36-38-40-42-44-46-48-50-52-55-58-61-64-67-70-76(79)82-73-74(72-81-75(78)69-66-63-60-57-54-21-18-15-12-9-6-3)83-77(80)71-68-65-62-59-56-53-51-49-47-45-43-41-39-37-35-33-31-29-27-25-23-20-17-14-11-8-5-2/h7,10,15-16,18-19,23-26,29-32,35,37,74H,4-6,8-9,11-14,17,20-22,27-28,33-34,36,38-73H2,1-3H3/b10-7-,18-15-,19-16-,25-23-,26-24-,31-29-,32-30-,37-35-. The topological polar surface area (TPSA) is 78.9 Å². The molecule has 0 rings (SSSR count). The van der Waals surface area contributed by atoms with Crippen LogP contribution in [-0.2, 0) is 28.6 Å². The third-order valence-corrected chi connectivity index (χ3v) is 15.5. The molecule has 0 saturated heterocycles. The summed E-state index contributed by atoms with van der Waals surface area (Å²) in [5.74, 6) is -0.876. The first kappa shape index (κ1) is 79.3. The molecule has 0 aliphatic rings. The molecule has 0 amide bonds. The van der Waals surface area contributed by atoms with Crippen molar-refractivity contribution in [2.45, 2.75) is 361 Å². The smallest absolute Gasteiger partial charge is 0.306 e. The zero-order valence-electron chi connectivity index (χ0n) is 54.9. The van der Waals surface area contributed by atoms with E-state index in [9.17, 15) is 14.4 Å². The Kier molecular flexibility index (Phi) is 67.7. The van der Waals surface area contributed by atoms with Gasteiger partial charge in [0.15, 0.2) is 6.10 Å². The van der Waals surface area contributed by atoms with E-state index in [1.165, 1.54) is 212 Å². The number of hydrogen-bond donors (Lipinski definition) is 0. The molecule has 1 unspecified atom stereocenters. The lowest BCUT2D eigenvalue weighted by atomic mass is 10.0. The lowest BCUT2D eigenvalue weighted by Gasteiger charge is -2.18. The lowest BCUT2D eigenvalue weighted by Crippen LogP contribution is -2.30. The van der Waals surface area contributed by atoms with Crippen LogP contribution in [0.2, 0.25) is 0 Å². The third-order valence-electron chi connectivity index (χ3n) is 15.5. The van der Waals surface area contributed by atoms with E-state index >= 15 is 0 Å². The normalized spacial score (nSPS) is 12.7. The quantitative estimate of drug-likeness (QED) is 0.0261. The van der Waals surface area contributed by atoms with Crippen molar-refractivity contribution in [2.75, 3.05) is 13.2 Å². The van der Waals surface area contributed by atoms with Crippen LogP contribution in [0.3, 0.4) is 0 Å². The van der Waals surface area contributed by atoms with Gasteiger partial charge in [-0.25, -0.2) is 0 Å². The monoisotopic (exact) mass is 1160 g/mol. The van der Waals surface area contributed by atoms with E-state index in [4.69, 9.17) is 14.2 Å². The Labute approximate surface area is 515 Å². The van der Waals surface area contributed by atoms with Crippen molar-refractivity contribution in [3.63, 3.8) is 0 Å². The molecular formula is C77H134O6. The van der Waals surface area contributed by atoms with Gasteiger partial charge in [-0.3, -0.25) is 14.4 Å².